The van der Waals surface area contributed by atoms with Gasteiger partial charge in [0.1, 0.15) is 0 Å². The minimum Gasteiger partial charge on any atom is -0.479 e. The fourth-order valence-corrected chi connectivity index (χ4v) is 2.41. The first kappa shape index (κ1) is 11.7. The minimum atomic E-state index is -4.73. The summed E-state index contributed by atoms with van der Waals surface area (Å²) in [6.07, 6.45) is 2.43. The molecule has 7 heteroatoms. The van der Waals surface area contributed by atoms with Gasteiger partial charge in [-0.15, -0.1) is 0 Å². The van der Waals surface area contributed by atoms with Crippen molar-refractivity contribution in [3.05, 3.63) is 0 Å². The molecule has 0 atom stereocenters. The Labute approximate surface area is 81.1 Å². The molecule has 14 heavy (non-hydrogen) atoms. The quantitative estimate of drug-likeness (QED) is 0.615. The number of phosphoric acid groups is 1. The van der Waals surface area contributed by atoms with Crippen LogP contribution in [0.1, 0.15) is 32.1 Å². The fourth-order valence-electron chi connectivity index (χ4n) is 1.69. The zero-order chi connectivity index (χ0) is 10.8. The van der Waals surface area contributed by atoms with Gasteiger partial charge in [-0.3, -0.25) is 4.52 Å². The zero-order valence-corrected chi connectivity index (χ0v) is 8.44. The Morgan fingerprint density at radius 3 is 2.07 bits per heavy atom. The summed E-state index contributed by atoms with van der Waals surface area (Å²) >= 11 is 0. The van der Waals surface area contributed by atoms with E-state index in [2.05, 4.69) is 4.52 Å². The molecule has 0 aliphatic heterocycles. The van der Waals surface area contributed by atoms with Crippen LogP contribution in [0.4, 0.5) is 0 Å². The van der Waals surface area contributed by atoms with Crippen molar-refractivity contribution >= 4 is 13.8 Å². The molecule has 1 saturated carbocycles. The number of carbonyl (C=O) groups is 1. The second-order valence-corrected chi connectivity index (χ2v) is 4.61. The lowest BCUT2D eigenvalue weighted by Gasteiger charge is -2.32. The molecule has 82 valence electrons. The van der Waals surface area contributed by atoms with Gasteiger partial charge in [-0.25, -0.2) is 9.36 Å². The van der Waals surface area contributed by atoms with E-state index in [9.17, 15) is 9.36 Å². The molecule has 6 nitrogen and oxygen atoms in total. The van der Waals surface area contributed by atoms with Crippen LogP contribution in [0.15, 0.2) is 0 Å². The highest BCUT2D eigenvalue weighted by atomic mass is 31.2. The van der Waals surface area contributed by atoms with Gasteiger partial charge < -0.3 is 14.9 Å². The number of phosphoric ester groups is 1. The van der Waals surface area contributed by atoms with Crippen molar-refractivity contribution < 1.29 is 28.8 Å². The molecule has 0 amide bonds. The van der Waals surface area contributed by atoms with Crippen molar-refractivity contribution in [3.63, 3.8) is 0 Å². The molecule has 0 aromatic heterocycles. The SMILES string of the molecule is O=C(O)C1(OP(=O)(O)O)CCCCC1. The van der Waals surface area contributed by atoms with Crippen molar-refractivity contribution in [2.24, 2.45) is 0 Å². The molecule has 0 aromatic carbocycles. The number of aliphatic carboxylic acids is 1. The topological polar surface area (TPSA) is 104 Å². The van der Waals surface area contributed by atoms with Gasteiger partial charge in [0.2, 0.25) is 0 Å². The van der Waals surface area contributed by atoms with Crippen LogP contribution in [-0.2, 0) is 13.9 Å². The van der Waals surface area contributed by atoms with Crippen molar-refractivity contribution in [2.45, 2.75) is 37.7 Å². The van der Waals surface area contributed by atoms with Crippen LogP contribution in [-0.4, -0.2) is 26.5 Å². The number of hydrogen-bond donors (Lipinski definition) is 3. The largest absolute Gasteiger partial charge is 0.479 e. The molecule has 1 aliphatic rings. The molecule has 0 unspecified atom stereocenters. The molecule has 0 heterocycles. The van der Waals surface area contributed by atoms with Crippen molar-refractivity contribution in [2.75, 3.05) is 0 Å². The lowest BCUT2D eigenvalue weighted by Crippen LogP contribution is -2.42. The highest BCUT2D eigenvalue weighted by Gasteiger charge is 2.45. The molecule has 0 saturated heterocycles. The van der Waals surface area contributed by atoms with Crippen LogP contribution >= 0.6 is 7.82 Å². The summed E-state index contributed by atoms with van der Waals surface area (Å²) in [7, 11) is -4.73. The van der Waals surface area contributed by atoms with Crippen LogP contribution in [0.2, 0.25) is 0 Å². The van der Waals surface area contributed by atoms with E-state index in [-0.39, 0.29) is 12.8 Å². The predicted molar refractivity (Wildman–Crippen MR) is 46.6 cm³/mol. The van der Waals surface area contributed by atoms with E-state index in [0.717, 1.165) is 6.42 Å². The Hall–Kier alpha value is -0.420. The minimum absolute atomic E-state index is 0.160. The van der Waals surface area contributed by atoms with E-state index < -0.39 is 19.4 Å². The van der Waals surface area contributed by atoms with Gasteiger partial charge in [-0.1, -0.05) is 6.42 Å². The van der Waals surface area contributed by atoms with Gasteiger partial charge in [0.05, 0.1) is 0 Å². The van der Waals surface area contributed by atoms with Crippen LogP contribution in [0.3, 0.4) is 0 Å². The standard InChI is InChI=1S/C7H13O6P/c8-6(9)7(13-14(10,11)12)4-2-1-3-5-7/h1-5H2,(H,8,9)(H2,10,11,12). The fraction of sp³-hybridized carbons (Fsp3) is 0.857. The summed E-state index contributed by atoms with van der Waals surface area (Å²) in [5, 5.41) is 8.88. The van der Waals surface area contributed by atoms with Crippen LogP contribution < -0.4 is 0 Å². The summed E-state index contributed by atoms with van der Waals surface area (Å²) in [5.41, 5.74) is -1.68. The highest BCUT2D eigenvalue weighted by Crippen LogP contribution is 2.46. The zero-order valence-electron chi connectivity index (χ0n) is 7.55. The van der Waals surface area contributed by atoms with E-state index in [4.69, 9.17) is 14.9 Å². The van der Waals surface area contributed by atoms with Crippen LogP contribution in [0.25, 0.3) is 0 Å². The second kappa shape index (κ2) is 3.98. The van der Waals surface area contributed by atoms with E-state index in [1.807, 2.05) is 0 Å². The number of rotatable bonds is 3. The first-order valence-electron chi connectivity index (χ1n) is 4.35. The van der Waals surface area contributed by atoms with Crippen molar-refractivity contribution in [1.82, 2.24) is 0 Å². The third-order valence-corrected chi connectivity index (χ3v) is 2.93. The normalized spacial score (nSPS) is 21.9. The Bertz CT molecular complexity index is 263. The predicted octanol–water partition coefficient (Wildman–Crippen LogP) is 0.883. The maximum absolute atomic E-state index is 10.9. The third kappa shape index (κ3) is 2.78. The third-order valence-electron chi connectivity index (χ3n) is 2.34. The van der Waals surface area contributed by atoms with E-state index >= 15 is 0 Å². The van der Waals surface area contributed by atoms with Gasteiger partial charge in [-0.2, -0.15) is 0 Å². The number of carboxylic acids is 1. The molecule has 1 aliphatic carbocycles. The molecule has 1 fully saturated rings. The van der Waals surface area contributed by atoms with Crippen molar-refractivity contribution in [1.29, 1.82) is 0 Å². The monoisotopic (exact) mass is 224 g/mol. The second-order valence-electron chi connectivity index (χ2n) is 3.44. The molecule has 1 rings (SSSR count). The van der Waals surface area contributed by atoms with Gasteiger partial charge in [0, 0.05) is 0 Å². The molecule has 3 N–H and O–H groups in total. The molecule has 0 spiro atoms. The smallest absolute Gasteiger partial charge is 0.470 e. The Kier molecular flexibility index (Phi) is 3.32. The molecular formula is C7H13O6P. The average molecular weight is 224 g/mol. The summed E-state index contributed by atoms with van der Waals surface area (Å²) in [6.45, 7) is 0. The summed E-state index contributed by atoms with van der Waals surface area (Å²) in [4.78, 5) is 28.1. The van der Waals surface area contributed by atoms with E-state index in [1.54, 1.807) is 0 Å². The van der Waals surface area contributed by atoms with Crippen molar-refractivity contribution in [3.8, 4) is 0 Å². The van der Waals surface area contributed by atoms with Gasteiger partial charge >= 0.3 is 13.8 Å². The maximum Gasteiger partial charge on any atom is 0.470 e. The molecule has 0 radical (unpaired) electrons. The molecular weight excluding hydrogens is 211 g/mol. The Balaban J connectivity index is 2.81. The lowest BCUT2D eigenvalue weighted by atomic mass is 9.85. The highest BCUT2D eigenvalue weighted by molar-refractivity contribution is 7.46. The molecule has 0 aromatic rings. The van der Waals surface area contributed by atoms with E-state index in [1.165, 1.54) is 0 Å². The number of carboxylic acid groups (broad SMARTS) is 1. The van der Waals surface area contributed by atoms with Gasteiger partial charge in [0.25, 0.3) is 0 Å². The average Bonchev–Trinajstić information content (AvgIpc) is 2.02. The number of hydrogen-bond acceptors (Lipinski definition) is 3. The molecule has 0 bridgehead atoms. The van der Waals surface area contributed by atoms with Crippen LogP contribution in [0.5, 0.6) is 0 Å². The summed E-state index contributed by atoms with van der Waals surface area (Å²) in [6, 6.07) is 0. The van der Waals surface area contributed by atoms with E-state index in [0.29, 0.717) is 12.8 Å². The first-order chi connectivity index (χ1) is 6.36. The Morgan fingerprint density at radius 1 is 1.21 bits per heavy atom. The van der Waals surface area contributed by atoms with Gasteiger partial charge in [-0.05, 0) is 25.7 Å². The summed E-state index contributed by atoms with van der Waals surface area (Å²) < 4.78 is 15.0. The maximum atomic E-state index is 10.9. The van der Waals surface area contributed by atoms with Gasteiger partial charge in [0.15, 0.2) is 5.60 Å². The lowest BCUT2D eigenvalue weighted by molar-refractivity contribution is -0.160. The van der Waals surface area contributed by atoms with Crippen LogP contribution in [0, 0.1) is 0 Å². The first-order valence-corrected chi connectivity index (χ1v) is 5.88. The summed E-state index contributed by atoms with van der Waals surface area (Å²) in [5.74, 6) is -1.29. The Morgan fingerprint density at radius 2 is 1.71 bits per heavy atom.